The summed E-state index contributed by atoms with van der Waals surface area (Å²) >= 11 is 0. The van der Waals surface area contributed by atoms with Gasteiger partial charge in [-0.1, -0.05) is 63.8 Å². The first-order chi connectivity index (χ1) is 11.3. The highest BCUT2D eigenvalue weighted by Gasteiger charge is 2.19. The molecule has 0 unspecified atom stereocenters. The van der Waals surface area contributed by atoms with Crippen molar-refractivity contribution in [1.29, 1.82) is 0 Å². The van der Waals surface area contributed by atoms with Crippen LogP contribution in [0.2, 0.25) is 0 Å². The van der Waals surface area contributed by atoms with Gasteiger partial charge in [0.2, 0.25) is 0 Å². The molecule has 0 atom stereocenters. The van der Waals surface area contributed by atoms with Gasteiger partial charge < -0.3 is 4.74 Å². The zero-order chi connectivity index (χ0) is 16.1. The molecule has 23 heavy (non-hydrogen) atoms. The second-order valence-electron chi connectivity index (χ2n) is 7.28. The number of benzene rings is 2. The molecule has 1 nitrogen and oxygen atoms in total. The maximum absolute atomic E-state index is 5.87. The minimum atomic E-state index is 0.764. The molecular weight excluding hydrogens is 280 g/mol. The fourth-order valence-electron chi connectivity index (χ4n) is 3.72. The molecule has 1 fully saturated rings. The molecule has 0 radical (unpaired) electrons. The summed E-state index contributed by atoms with van der Waals surface area (Å²) in [5.41, 5.74) is 1.53. The highest BCUT2D eigenvalue weighted by atomic mass is 16.5. The molecule has 124 valence electrons. The first-order valence-corrected chi connectivity index (χ1v) is 9.42. The van der Waals surface area contributed by atoms with Gasteiger partial charge >= 0.3 is 0 Å². The molecule has 0 amide bonds. The average Bonchev–Trinajstić information content (AvgIpc) is 2.59. The van der Waals surface area contributed by atoms with Crippen LogP contribution in [0.4, 0.5) is 0 Å². The van der Waals surface area contributed by atoms with Crippen molar-refractivity contribution in [3.05, 3.63) is 42.0 Å². The normalized spacial score (nSPS) is 21.5. The second-order valence-corrected chi connectivity index (χ2v) is 7.28. The first kappa shape index (κ1) is 16.4. The summed E-state index contributed by atoms with van der Waals surface area (Å²) in [6, 6.07) is 13.6. The van der Waals surface area contributed by atoms with Crippen LogP contribution in [0.1, 0.15) is 70.3 Å². The number of rotatable bonds is 6. The van der Waals surface area contributed by atoms with E-state index < -0.39 is 0 Å². The number of unbranched alkanes of at least 4 members (excludes halogenated alkanes) is 2. The number of ether oxygens (including phenoxy) is 1. The topological polar surface area (TPSA) is 9.23 Å². The lowest BCUT2D eigenvalue weighted by Crippen LogP contribution is -2.10. The lowest BCUT2D eigenvalue weighted by molar-refractivity contribution is 0.306. The molecule has 1 aliphatic rings. The highest BCUT2D eigenvalue weighted by Crippen LogP contribution is 2.36. The van der Waals surface area contributed by atoms with E-state index in [-0.39, 0.29) is 0 Å². The molecule has 2 aromatic rings. The van der Waals surface area contributed by atoms with E-state index in [4.69, 9.17) is 4.74 Å². The SMILES string of the molecule is CCCCCOc1ccc2cc([C@H]3CC[C@H](C)CC3)ccc2c1. The van der Waals surface area contributed by atoms with Crippen molar-refractivity contribution in [3.63, 3.8) is 0 Å². The average molecular weight is 310 g/mol. The van der Waals surface area contributed by atoms with Crippen molar-refractivity contribution in [3.8, 4) is 5.75 Å². The lowest BCUT2D eigenvalue weighted by Gasteiger charge is -2.26. The molecule has 1 saturated carbocycles. The Morgan fingerprint density at radius 3 is 2.43 bits per heavy atom. The Balaban J connectivity index is 1.68. The van der Waals surface area contributed by atoms with Crippen LogP contribution in [0.25, 0.3) is 10.8 Å². The lowest BCUT2D eigenvalue weighted by atomic mass is 9.79. The summed E-state index contributed by atoms with van der Waals surface area (Å²) in [6.07, 6.45) is 9.10. The van der Waals surface area contributed by atoms with Gasteiger partial charge in [-0.3, -0.25) is 0 Å². The summed E-state index contributed by atoms with van der Waals surface area (Å²) in [4.78, 5) is 0. The van der Waals surface area contributed by atoms with Crippen LogP contribution >= 0.6 is 0 Å². The quantitative estimate of drug-likeness (QED) is 0.539. The van der Waals surface area contributed by atoms with Gasteiger partial charge in [-0.05, 0) is 59.6 Å². The maximum atomic E-state index is 5.87. The zero-order valence-corrected chi connectivity index (χ0v) is 14.7. The molecule has 1 heteroatoms. The fraction of sp³-hybridized carbons (Fsp3) is 0.545. The first-order valence-electron chi connectivity index (χ1n) is 9.42. The Morgan fingerprint density at radius 1 is 0.913 bits per heavy atom. The molecular formula is C22H30O. The third-order valence-electron chi connectivity index (χ3n) is 5.34. The van der Waals surface area contributed by atoms with Crippen molar-refractivity contribution in [2.75, 3.05) is 6.61 Å². The third kappa shape index (κ3) is 4.28. The van der Waals surface area contributed by atoms with Crippen LogP contribution < -0.4 is 4.74 Å². The van der Waals surface area contributed by atoms with Crippen LogP contribution in [0, 0.1) is 5.92 Å². The molecule has 0 spiro atoms. The smallest absolute Gasteiger partial charge is 0.119 e. The molecule has 0 bridgehead atoms. The largest absolute Gasteiger partial charge is 0.494 e. The van der Waals surface area contributed by atoms with Gasteiger partial charge in [0.25, 0.3) is 0 Å². The summed E-state index contributed by atoms with van der Waals surface area (Å²) < 4.78 is 5.87. The maximum Gasteiger partial charge on any atom is 0.119 e. The minimum Gasteiger partial charge on any atom is -0.494 e. The van der Waals surface area contributed by atoms with Crippen molar-refractivity contribution in [2.24, 2.45) is 5.92 Å². The van der Waals surface area contributed by atoms with Gasteiger partial charge in [-0.25, -0.2) is 0 Å². The van der Waals surface area contributed by atoms with Gasteiger partial charge in [0, 0.05) is 0 Å². The van der Waals surface area contributed by atoms with Crippen LogP contribution in [0.3, 0.4) is 0 Å². The summed E-state index contributed by atoms with van der Waals surface area (Å²) in [5.74, 6) is 2.69. The molecule has 1 aliphatic carbocycles. The van der Waals surface area contributed by atoms with Crippen molar-refractivity contribution in [2.45, 2.75) is 64.7 Å². The fourth-order valence-corrected chi connectivity index (χ4v) is 3.72. The van der Waals surface area contributed by atoms with E-state index in [1.165, 1.54) is 54.9 Å². The number of hydrogen-bond donors (Lipinski definition) is 0. The van der Waals surface area contributed by atoms with Crippen molar-refractivity contribution >= 4 is 10.8 Å². The predicted molar refractivity (Wildman–Crippen MR) is 99.3 cm³/mol. The molecule has 0 heterocycles. The summed E-state index contributed by atoms with van der Waals surface area (Å²) in [6.45, 7) is 5.44. The van der Waals surface area contributed by atoms with E-state index in [0.29, 0.717) is 0 Å². The monoisotopic (exact) mass is 310 g/mol. The van der Waals surface area contributed by atoms with Crippen LogP contribution in [0.15, 0.2) is 36.4 Å². The Morgan fingerprint density at radius 2 is 1.65 bits per heavy atom. The van der Waals surface area contributed by atoms with Crippen LogP contribution in [-0.4, -0.2) is 6.61 Å². The molecule has 0 saturated heterocycles. The summed E-state index contributed by atoms with van der Waals surface area (Å²) in [5, 5.41) is 2.65. The standard InChI is InChI=1S/C22H30O/c1-3-4-5-14-23-22-13-12-20-15-19(10-11-21(20)16-22)18-8-6-17(2)7-9-18/h10-13,15-18H,3-9,14H2,1-2H3/t17-,18-. The van der Waals surface area contributed by atoms with Gasteiger partial charge in [-0.2, -0.15) is 0 Å². The van der Waals surface area contributed by atoms with E-state index in [1.807, 2.05) is 0 Å². The van der Waals surface area contributed by atoms with E-state index in [0.717, 1.165) is 30.6 Å². The number of fused-ring (bicyclic) bond motifs is 1. The van der Waals surface area contributed by atoms with Crippen LogP contribution in [0.5, 0.6) is 5.75 Å². The molecule has 2 aromatic carbocycles. The Hall–Kier alpha value is -1.50. The van der Waals surface area contributed by atoms with Crippen molar-refractivity contribution in [1.82, 2.24) is 0 Å². The van der Waals surface area contributed by atoms with Gasteiger partial charge in [-0.15, -0.1) is 0 Å². The predicted octanol–water partition coefficient (Wildman–Crippen LogP) is 6.70. The van der Waals surface area contributed by atoms with Crippen LogP contribution in [-0.2, 0) is 0 Å². The molecule has 0 aliphatic heterocycles. The van der Waals surface area contributed by atoms with Gasteiger partial charge in [0.15, 0.2) is 0 Å². The Labute approximate surface area is 141 Å². The van der Waals surface area contributed by atoms with E-state index in [2.05, 4.69) is 50.2 Å². The molecule has 0 aromatic heterocycles. The Bertz CT molecular complexity index is 623. The van der Waals surface area contributed by atoms with E-state index >= 15 is 0 Å². The highest BCUT2D eigenvalue weighted by molar-refractivity contribution is 5.84. The number of hydrogen-bond acceptors (Lipinski definition) is 1. The zero-order valence-electron chi connectivity index (χ0n) is 14.7. The molecule has 3 rings (SSSR count). The summed E-state index contributed by atoms with van der Waals surface area (Å²) in [7, 11) is 0. The van der Waals surface area contributed by atoms with Crippen molar-refractivity contribution < 1.29 is 4.74 Å². The second kappa shape index (κ2) is 7.86. The van der Waals surface area contributed by atoms with Gasteiger partial charge in [0.05, 0.1) is 6.61 Å². The minimum absolute atomic E-state index is 0.764. The van der Waals surface area contributed by atoms with E-state index in [9.17, 15) is 0 Å². The molecule has 0 N–H and O–H groups in total. The third-order valence-corrected chi connectivity index (χ3v) is 5.34. The van der Waals surface area contributed by atoms with E-state index in [1.54, 1.807) is 0 Å². The Kier molecular flexibility index (Phi) is 5.59. The van der Waals surface area contributed by atoms with Gasteiger partial charge in [0.1, 0.15) is 5.75 Å².